The van der Waals surface area contributed by atoms with Crippen molar-refractivity contribution in [1.29, 1.82) is 0 Å². The van der Waals surface area contributed by atoms with Gasteiger partial charge in [0.15, 0.2) is 0 Å². The average molecular weight is 419 g/mol. The second-order valence-corrected chi connectivity index (χ2v) is 7.78. The third-order valence-electron chi connectivity index (χ3n) is 4.71. The van der Waals surface area contributed by atoms with Crippen LogP contribution in [-0.2, 0) is 11.3 Å². The van der Waals surface area contributed by atoms with Crippen LogP contribution in [0.3, 0.4) is 0 Å². The molecule has 0 aliphatic carbocycles. The molecule has 1 aliphatic rings. The maximum absolute atomic E-state index is 12.7. The van der Waals surface area contributed by atoms with Gasteiger partial charge in [0, 0.05) is 11.6 Å². The lowest BCUT2D eigenvalue weighted by atomic mass is 10.0. The van der Waals surface area contributed by atoms with Crippen molar-refractivity contribution in [3.8, 4) is 11.3 Å². The van der Waals surface area contributed by atoms with Gasteiger partial charge in [-0.15, -0.1) is 0 Å². The Morgan fingerprint density at radius 1 is 1.10 bits per heavy atom. The number of furan rings is 1. The van der Waals surface area contributed by atoms with Gasteiger partial charge in [-0.1, -0.05) is 36.4 Å². The van der Waals surface area contributed by atoms with Gasteiger partial charge in [0.2, 0.25) is 0 Å². The number of hydrogen-bond acceptors (Lipinski definition) is 5. The van der Waals surface area contributed by atoms with E-state index >= 15 is 0 Å². The Hall–Kier alpha value is -3.58. The molecule has 0 saturated carbocycles. The lowest BCUT2D eigenvalue weighted by Gasteiger charge is -2.11. The van der Waals surface area contributed by atoms with Crippen LogP contribution in [0.5, 0.6) is 0 Å². The Morgan fingerprint density at radius 2 is 1.87 bits per heavy atom. The van der Waals surface area contributed by atoms with Gasteiger partial charge in [-0.25, -0.2) is 4.79 Å². The normalized spacial score (nSPS) is 15.2. The summed E-state index contributed by atoms with van der Waals surface area (Å²) in [6.07, 6.45) is 1.54. The zero-order valence-electron chi connectivity index (χ0n) is 16.0. The Morgan fingerprint density at radius 3 is 2.60 bits per heavy atom. The number of aromatic carboxylic acids is 1. The highest BCUT2D eigenvalue weighted by atomic mass is 32.2. The highest BCUT2D eigenvalue weighted by Gasteiger charge is 2.35. The predicted octanol–water partition coefficient (Wildman–Crippen LogP) is 5.19. The van der Waals surface area contributed by atoms with Crippen molar-refractivity contribution in [3.05, 3.63) is 88.0 Å². The molecule has 2 aromatic carbocycles. The number of carboxylic acid groups (broad SMARTS) is 1. The first-order valence-electron chi connectivity index (χ1n) is 9.16. The molecule has 150 valence electrons. The maximum Gasteiger partial charge on any atom is 0.335 e. The molecule has 2 amide bonds. The van der Waals surface area contributed by atoms with E-state index in [1.807, 2.05) is 37.3 Å². The third kappa shape index (κ3) is 3.92. The molecule has 1 aliphatic heterocycles. The lowest BCUT2D eigenvalue weighted by Crippen LogP contribution is -2.27. The summed E-state index contributed by atoms with van der Waals surface area (Å²) in [7, 11) is 0. The molecule has 7 heteroatoms. The van der Waals surface area contributed by atoms with E-state index in [2.05, 4.69) is 0 Å². The fourth-order valence-corrected chi connectivity index (χ4v) is 3.95. The van der Waals surface area contributed by atoms with E-state index in [-0.39, 0.29) is 28.2 Å². The number of hydrogen-bond donors (Lipinski definition) is 1. The van der Waals surface area contributed by atoms with Gasteiger partial charge in [-0.2, -0.15) is 0 Å². The summed E-state index contributed by atoms with van der Waals surface area (Å²) in [5.74, 6) is -0.480. The van der Waals surface area contributed by atoms with Gasteiger partial charge >= 0.3 is 5.97 Å². The summed E-state index contributed by atoms with van der Waals surface area (Å²) >= 11 is 0.871. The molecule has 1 saturated heterocycles. The van der Waals surface area contributed by atoms with Gasteiger partial charge in [-0.3, -0.25) is 14.5 Å². The molecule has 0 bridgehead atoms. The maximum atomic E-state index is 12.7. The van der Waals surface area contributed by atoms with Crippen LogP contribution in [0.4, 0.5) is 4.79 Å². The van der Waals surface area contributed by atoms with E-state index in [0.29, 0.717) is 17.1 Å². The summed E-state index contributed by atoms with van der Waals surface area (Å²) in [5.41, 5.74) is 2.56. The van der Waals surface area contributed by atoms with Crippen molar-refractivity contribution < 1.29 is 23.9 Å². The Labute approximate surface area is 176 Å². The molecule has 4 rings (SSSR count). The zero-order valence-corrected chi connectivity index (χ0v) is 16.8. The van der Waals surface area contributed by atoms with Gasteiger partial charge in [0.1, 0.15) is 11.5 Å². The molecule has 6 nitrogen and oxygen atoms in total. The molecule has 0 unspecified atom stereocenters. The number of aryl methyl sites for hydroxylation is 1. The van der Waals surface area contributed by atoms with Crippen molar-refractivity contribution in [2.75, 3.05) is 0 Å². The number of carboxylic acids is 1. The molecule has 30 heavy (non-hydrogen) atoms. The quantitative estimate of drug-likeness (QED) is 0.573. The summed E-state index contributed by atoms with van der Waals surface area (Å²) in [5, 5.41) is 8.88. The van der Waals surface area contributed by atoms with Crippen molar-refractivity contribution in [2.24, 2.45) is 0 Å². The summed E-state index contributed by atoms with van der Waals surface area (Å²) in [6.45, 7) is 2.07. The third-order valence-corrected chi connectivity index (χ3v) is 5.61. The number of thioether (sulfide) groups is 1. The SMILES string of the molecule is Cc1ccc(C(=O)O)cc1-c1ccc(/C=C2\SC(=O)N(Cc3ccccc3)C2=O)o1. The average Bonchev–Trinajstić information content (AvgIpc) is 3.29. The van der Waals surface area contributed by atoms with E-state index in [4.69, 9.17) is 4.42 Å². The van der Waals surface area contributed by atoms with Crippen LogP contribution < -0.4 is 0 Å². The fraction of sp³-hybridized carbons (Fsp3) is 0.0870. The minimum Gasteiger partial charge on any atom is -0.478 e. The summed E-state index contributed by atoms with van der Waals surface area (Å²) < 4.78 is 5.82. The molecule has 0 spiro atoms. The topological polar surface area (TPSA) is 87.8 Å². The number of benzene rings is 2. The van der Waals surface area contributed by atoms with Crippen LogP contribution in [0, 0.1) is 6.92 Å². The van der Waals surface area contributed by atoms with Crippen molar-refractivity contribution >= 4 is 35.0 Å². The Bertz CT molecular complexity index is 1180. The second kappa shape index (κ2) is 8.04. The first-order chi connectivity index (χ1) is 14.4. The predicted molar refractivity (Wildman–Crippen MR) is 114 cm³/mol. The second-order valence-electron chi connectivity index (χ2n) is 6.79. The van der Waals surface area contributed by atoms with Gasteiger partial charge < -0.3 is 9.52 Å². The van der Waals surface area contributed by atoms with Crippen molar-refractivity contribution in [1.82, 2.24) is 4.90 Å². The molecule has 1 fully saturated rings. The molecule has 1 N–H and O–H groups in total. The summed E-state index contributed by atoms with van der Waals surface area (Å²) in [6, 6.07) is 17.5. The number of rotatable bonds is 5. The highest BCUT2D eigenvalue weighted by molar-refractivity contribution is 8.18. The van der Waals surface area contributed by atoms with Crippen LogP contribution in [0.25, 0.3) is 17.4 Å². The number of nitrogens with zero attached hydrogens (tertiary/aromatic N) is 1. The van der Waals surface area contributed by atoms with Gasteiger partial charge in [0.05, 0.1) is 17.0 Å². The molecule has 0 atom stereocenters. The summed E-state index contributed by atoms with van der Waals surface area (Å²) in [4.78, 5) is 37.7. The van der Waals surface area contributed by atoms with E-state index < -0.39 is 5.97 Å². The smallest absolute Gasteiger partial charge is 0.335 e. The van der Waals surface area contributed by atoms with Gasteiger partial charge in [0.25, 0.3) is 11.1 Å². The van der Waals surface area contributed by atoms with Crippen LogP contribution in [0.2, 0.25) is 0 Å². The number of imide groups is 1. The Kier molecular flexibility index (Phi) is 5.29. The van der Waals surface area contributed by atoms with E-state index in [0.717, 1.165) is 22.9 Å². The largest absolute Gasteiger partial charge is 0.478 e. The van der Waals surface area contributed by atoms with Gasteiger partial charge in [-0.05, 0) is 54.1 Å². The number of carbonyl (C=O) groups excluding carboxylic acids is 2. The lowest BCUT2D eigenvalue weighted by molar-refractivity contribution is -0.123. The minimum atomic E-state index is -1.02. The zero-order chi connectivity index (χ0) is 21.3. The highest BCUT2D eigenvalue weighted by Crippen LogP contribution is 2.34. The standard InChI is InChI=1S/C23H17NO5S/c1-14-7-8-16(22(26)27)11-18(14)19-10-9-17(29-19)12-20-21(25)24(23(28)30-20)13-15-5-3-2-4-6-15/h2-12H,13H2,1H3,(H,26,27)/b20-12-. The Balaban J connectivity index is 1.57. The first-order valence-corrected chi connectivity index (χ1v) is 9.97. The first kappa shape index (κ1) is 19.7. The molecular weight excluding hydrogens is 402 g/mol. The van der Waals surface area contributed by atoms with Crippen LogP contribution in [-0.4, -0.2) is 27.1 Å². The molecule has 0 radical (unpaired) electrons. The van der Waals surface area contributed by atoms with Crippen LogP contribution in [0.15, 0.2) is 70.0 Å². The number of carbonyl (C=O) groups is 3. The van der Waals surface area contributed by atoms with Crippen molar-refractivity contribution in [2.45, 2.75) is 13.5 Å². The molecular formula is C23H17NO5S. The molecule has 1 aromatic heterocycles. The van der Waals surface area contributed by atoms with Crippen LogP contribution in [0.1, 0.15) is 27.2 Å². The van der Waals surface area contributed by atoms with Crippen LogP contribution >= 0.6 is 11.8 Å². The minimum absolute atomic E-state index is 0.163. The molecule has 2 heterocycles. The van der Waals surface area contributed by atoms with E-state index in [1.165, 1.54) is 17.0 Å². The molecule has 3 aromatic rings. The fourth-order valence-electron chi connectivity index (χ4n) is 3.13. The monoisotopic (exact) mass is 419 g/mol. The van der Waals surface area contributed by atoms with Crippen molar-refractivity contribution in [3.63, 3.8) is 0 Å². The van der Waals surface area contributed by atoms with E-state index in [9.17, 15) is 19.5 Å². The van der Waals surface area contributed by atoms with E-state index in [1.54, 1.807) is 24.3 Å². The number of amides is 2.